The largest absolute Gasteiger partial charge is 0.389 e. The quantitative estimate of drug-likeness (QED) is 0.798. The van der Waals surface area contributed by atoms with E-state index in [1.165, 1.54) is 38.5 Å². The number of aliphatic hydroxyl groups is 1. The molecule has 16 heavy (non-hydrogen) atoms. The second kappa shape index (κ2) is 5.05. The number of nitrogens with zero attached hydrogens (tertiary/aromatic N) is 1. The van der Waals surface area contributed by atoms with Crippen LogP contribution in [0.15, 0.2) is 0 Å². The minimum absolute atomic E-state index is 0.366. The van der Waals surface area contributed by atoms with Crippen LogP contribution < -0.4 is 0 Å². The van der Waals surface area contributed by atoms with Crippen LogP contribution in [-0.4, -0.2) is 35.2 Å². The summed E-state index contributed by atoms with van der Waals surface area (Å²) < 4.78 is 0. The van der Waals surface area contributed by atoms with Crippen molar-refractivity contribution in [1.82, 2.24) is 4.90 Å². The lowest BCUT2D eigenvalue weighted by atomic mass is 9.86. The van der Waals surface area contributed by atoms with Gasteiger partial charge in [-0.25, -0.2) is 0 Å². The highest BCUT2D eigenvalue weighted by molar-refractivity contribution is 4.89. The maximum atomic E-state index is 10.4. The molecule has 2 heteroatoms. The van der Waals surface area contributed by atoms with Crippen molar-refractivity contribution in [3.05, 3.63) is 0 Å². The van der Waals surface area contributed by atoms with Crippen molar-refractivity contribution < 1.29 is 5.11 Å². The molecule has 0 saturated heterocycles. The van der Waals surface area contributed by atoms with E-state index in [0.717, 1.165) is 25.3 Å². The molecule has 0 heterocycles. The van der Waals surface area contributed by atoms with E-state index in [-0.39, 0.29) is 5.60 Å². The average Bonchev–Trinajstić information content (AvgIpc) is 2.65. The number of rotatable bonds is 3. The van der Waals surface area contributed by atoms with Gasteiger partial charge in [-0.1, -0.05) is 32.6 Å². The lowest BCUT2D eigenvalue weighted by Gasteiger charge is -2.38. The fraction of sp³-hybridized carbons (Fsp3) is 1.00. The first-order valence-electron chi connectivity index (χ1n) is 7.02. The summed E-state index contributed by atoms with van der Waals surface area (Å²) in [6, 6.07) is 0.716. The number of likely N-dealkylation sites (N-methyl/N-ethyl adjacent to an activating group) is 1. The third-order valence-corrected chi connectivity index (χ3v) is 4.61. The summed E-state index contributed by atoms with van der Waals surface area (Å²) in [7, 11) is 2.21. The summed E-state index contributed by atoms with van der Waals surface area (Å²) >= 11 is 0. The zero-order chi connectivity index (χ0) is 11.6. The van der Waals surface area contributed by atoms with E-state index in [2.05, 4.69) is 18.9 Å². The van der Waals surface area contributed by atoms with Crippen molar-refractivity contribution in [2.45, 2.75) is 69.9 Å². The van der Waals surface area contributed by atoms with Gasteiger partial charge in [0.25, 0.3) is 0 Å². The van der Waals surface area contributed by atoms with E-state index < -0.39 is 0 Å². The van der Waals surface area contributed by atoms with Crippen LogP contribution in [0.25, 0.3) is 0 Å². The van der Waals surface area contributed by atoms with E-state index in [1.54, 1.807) is 0 Å². The van der Waals surface area contributed by atoms with Crippen LogP contribution in [0, 0.1) is 5.92 Å². The summed E-state index contributed by atoms with van der Waals surface area (Å²) in [6.45, 7) is 3.26. The van der Waals surface area contributed by atoms with Crippen LogP contribution >= 0.6 is 0 Å². The molecule has 0 bridgehead atoms. The summed E-state index contributed by atoms with van der Waals surface area (Å²) in [6.07, 6.45) is 9.88. The van der Waals surface area contributed by atoms with Crippen molar-refractivity contribution in [3.63, 3.8) is 0 Å². The Labute approximate surface area is 100 Å². The molecule has 94 valence electrons. The number of hydrogen-bond acceptors (Lipinski definition) is 2. The highest BCUT2D eigenvalue weighted by atomic mass is 16.3. The Morgan fingerprint density at radius 2 is 1.88 bits per heavy atom. The predicted molar refractivity (Wildman–Crippen MR) is 67.5 cm³/mol. The Kier molecular flexibility index (Phi) is 3.91. The maximum absolute atomic E-state index is 10.4. The highest BCUT2D eigenvalue weighted by Crippen LogP contribution is 2.32. The third kappa shape index (κ3) is 2.98. The molecule has 2 rings (SSSR count). The molecule has 0 amide bonds. The van der Waals surface area contributed by atoms with Gasteiger partial charge in [-0.05, 0) is 38.6 Å². The fourth-order valence-corrected chi connectivity index (χ4v) is 3.59. The minimum atomic E-state index is -0.366. The molecule has 2 atom stereocenters. The SMILES string of the molecule is CC1CCCC(N(C)CC2(O)CCCC2)C1. The van der Waals surface area contributed by atoms with Gasteiger partial charge in [-0.2, -0.15) is 0 Å². The topological polar surface area (TPSA) is 23.5 Å². The predicted octanol–water partition coefficient (Wildman–Crippen LogP) is 2.80. The molecule has 0 aromatic heterocycles. The van der Waals surface area contributed by atoms with Gasteiger partial charge in [-0.15, -0.1) is 0 Å². The van der Waals surface area contributed by atoms with Gasteiger partial charge in [-0.3, -0.25) is 0 Å². The molecule has 2 aliphatic rings. The highest BCUT2D eigenvalue weighted by Gasteiger charge is 2.34. The lowest BCUT2D eigenvalue weighted by Crippen LogP contribution is -2.45. The molecule has 0 aliphatic heterocycles. The average molecular weight is 225 g/mol. The Hall–Kier alpha value is -0.0800. The Morgan fingerprint density at radius 1 is 1.19 bits per heavy atom. The Morgan fingerprint density at radius 3 is 2.50 bits per heavy atom. The van der Waals surface area contributed by atoms with Crippen LogP contribution in [0.1, 0.15) is 58.3 Å². The molecule has 2 aliphatic carbocycles. The Balaban J connectivity index is 1.84. The van der Waals surface area contributed by atoms with Gasteiger partial charge in [0.15, 0.2) is 0 Å². The van der Waals surface area contributed by atoms with Crippen molar-refractivity contribution in [2.24, 2.45) is 5.92 Å². The van der Waals surface area contributed by atoms with Crippen molar-refractivity contribution in [1.29, 1.82) is 0 Å². The second-order valence-corrected chi connectivity index (χ2v) is 6.27. The third-order valence-electron chi connectivity index (χ3n) is 4.61. The first-order valence-corrected chi connectivity index (χ1v) is 7.02. The molecule has 1 N–H and O–H groups in total. The molecule has 2 fully saturated rings. The van der Waals surface area contributed by atoms with E-state index >= 15 is 0 Å². The molecule has 0 aromatic rings. The first kappa shape index (κ1) is 12.4. The smallest absolute Gasteiger partial charge is 0.0774 e. The van der Waals surface area contributed by atoms with Gasteiger partial charge in [0.1, 0.15) is 0 Å². The van der Waals surface area contributed by atoms with Crippen molar-refractivity contribution in [2.75, 3.05) is 13.6 Å². The lowest BCUT2D eigenvalue weighted by molar-refractivity contribution is -0.00190. The van der Waals surface area contributed by atoms with E-state index in [1.807, 2.05) is 0 Å². The summed E-state index contributed by atoms with van der Waals surface area (Å²) in [5, 5.41) is 10.4. The molecular formula is C14H27NO. The first-order chi connectivity index (χ1) is 7.59. The molecule has 2 nitrogen and oxygen atoms in total. The van der Waals surface area contributed by atoms with Crippen LogP contribution in [-0.2, 0) is 0 Å². The monoisotopic (exact) mass is 225 g/mol. The molecule has 0 aromatic carbocycles. The van der Waals surface area contributed by atoms with Gasteiger partial charge in [0.2, 0.25) is 0 Å². The van der Waals surface area contributed by atoms with Crippen LogP contribution in [0.5, 0.6) is 0 Å². The van der Waals surface area contributed by atoms with Crippen LogP contribution in [0.3, 0.4) is 0 Å². The zero-order valence-electron chi connectivity index (χ0n) is 10.9. The van der Waals surface area contributed by atoms with E-state index in [9.17, 15) is 5.11 Å². The zero-order valence-corrected chi connectivity index (χ0v) is 10.9. The fourth-order valence-electron chi connectivity index (χ4n) is 3.59. The molecule has 0 radical (unpaired) electrons. The van der Waals surface area contributed by atoms with Crippen molar-refractivity contribution in [3.8, 4) is 0 Å². The van der Waals surface area contributed by atoms with Gasteiger partial charge in [0, 0.05) is 12.6 Å². The summed E-state index contributed by atoms with van der Waals surface area (Å²) in [5.41, 5.74) is -0.366. The molecule has 2 unspecified atom stereocenters. The van der Waals surface area contributed by atoms with Crippen LogP contribution in [0.2, 0.25) is 0 Å². The molecular weight excluding hydrogens is 198 g/mol. The molecule has 0 spiro atoms. The van der Waals surface area contributed by atoms with E-state index in [4.69, 9.17) is 0 Å². The standard InChI is InChI=1S/C14H27NO/c1-12-6-5-7-13(10-12)15(2)11-14(16)8-3-4-9-14/h12-13,16H,3-11H2,1-2H3. The van der Waals surface area contributed by atoms with Crippen LogP contribution in [0.4, 0.5) is 0 Å². The van der Waals surface area contributed by atoms with E-state index in [0.29, 0.717) is 6.04 Å². The number of hydrogen-bond donors (Lipinski definition) is 1. The normalized spacial score (nSPS) is 34.5. The molecule has 2 saturated carbocycles. The van der Waals surface area contributed by atoms with Gasteiger partial charge in [0.05, 0.1) is 5.60 Å². The summed E-state index contributed by atoms with van der Waals surface area (Å²) in [5.74, 6) is 0.874. The summed E-state index contributed by atoms with van der Waals surface area (Å²) in [4.78, 5) is 2.43. The minimum Gasteiger partial charge on any atom is -0.389 e. The maximum Gasteiger partial charge on any atom is 0.0774 e. The van der Waals surface area contributed by atoms with Crippen molar-refractivity contribution >= 4 is 0 Å². The Bertz CT molecular complexity index is 223. The van der Waals surface area contributed by atoms with Gasteiger partial charge >= 0.3 is 0 Å². The second-order valence-electron chi connectivity index (χ2n) is 6.27. The van der Waals surface area contributed by atoms with Gasteiger partial charge < -0.3 is 10.0 Å².